The Balaban J connectivity index is 1.65. The first-order chi connectivity index (χ1) is 13.5. The van der Waals surface area contributed by atoms with Gasteiger partial charge in [0.25, 0.3) is 0 Å². The predicted octanol–water partition coefficient (Wildman–Crippen LogP) is 2.32. The Labute approximate surface area is 164 Å². The molecule has 0 saturated carbocycles. The van der Waals surface area contributed by atoms with Gasteiger partial charge in [0.05, 0.1) is 6.10 Å². The lowest BCUT2D eigenvalue weighted by atomic mass is 9.73. The number of benzene rings is 2. The molecule has 1 saturated heterocycles. The van der Waals surface area contributed by atoms with Crippen LogP contribution in [0.3, 0.4) is 0 Å². The number of carboxylic acid groups (broad SMARTS) is 1. The van der Waals surface area contributed by atoms with Crippen LogP contribution in [-0.2, 0) is 17.6 Å². The molecule has 2 amide bonds. The number of piperidine rings is 1. The highest BCUT2D eigenvalue weighted by Crippen LogP contribution is 2.34. The van der Waals surface area contributed by atoms with E-state index in [9.17, 15) is 19.8 Å². The minimum absolute atomic E-state index is 0.0183. The van der Waals surface area contributed by atoms with Crippen molar-refractivity contribution in [1.82, 2.24) is 10.2 Å². The number of urea groups is 1. The minimum atomic E-state index is -1.41. The fourth-order valence-electron chi connectivity index (χ4n) is 3.74. The van der Waals surface area contributed by atoms with Gasteiger partial charge in [0.2, 0.25) is 0 Å². The summed E-state index contributed by atoms with van der Waals surface area (Å²) in [4.78, 5) is 26.2. The Morgan fingerprint density at radius 2 is 1.64 bits per heavy atom. The maximum Gasteiger partial charge on any atom is 0.317 e. The average Bonchev–Trinajstić information content (AvgIpc) is 2.71. The van der Waals surface area contributed by atoms with Gasteiger partial charge in [-0.1, -0.05) is 60.7 Å². The number of carboxylic acids is 1. The molecule has 28 heavy (non-hydrogen) atoms. The van der Waals surface area contributed by atoms with Gasteiger partial charge >= 0.3 is 12.0 Å². The van der Waals surface area contributed by atoms with E-state index in [2.05, 4.69) is 5.32 Å². The monoisotopic (exact) mass is 382 g/mol. The summed E-state index contributed by atoms with van der Waals surface area (Å²) in [5.41, 5.74) is 0.548. The summed E-state index contributed by atoms with van der Waals surface area (Å²) in [7, 11) is 0. The average molecular weight is 382 g/mol. The molecule has 0 radical (unpaired) electrons. The van der Waals surface area contributed by atoms with E-state index in [4.69, 9.17) is 0 Å². The normalized spacial score (nSPS) is 21.9. The summed E-state index contributed by atoms with van der Waals surface area (Å²) in [6, 6.07) is 18.8. The topological polar surface area (TPSA) is 89.9 Å². The molecule has 0 unspecified atom stereocenters. The Kier molecular flexibility index (Phi) is 6.31. The fourth-order valence-corrected chi connectivity index (χ4v) is 3.74. The van der Waals surface area contributed by atoms with Crippen LogP contribution in [0.1, 0.15) is 17.5 Å². The number of rotatable bonds is 6. The first kappa shape index (κ1) is 19.9. The quantitative estimate of drug-likeness (QED) is 0.715. The van der Waals surface area contributed by atoms with Crippen LogP contribution in [0.2, 0.25) is 0 Å². The molecule has 1 heterocycles. The summed E-state index contributed by atoms with van der Waals surface area (Å²) in [6.45, 7) is 0.790. The summed E-state index contributed by atoms with van der Waals surface area (Å²) in [6.07, 6.45) is 0.124. The first-order valence-corrected chi connectivity index (χ1v) is 9.53. The molecule has 0 aromatic heterocycles. The highest BCUT2D eigenvalue weighted by molar-refractivity contribution is 5.79. The molecule has 1 aliphatic heterocycles. The van der Waals surface area contributed by atoms with Crippen molar-refractivity contribution in [2.45, 2.75) is 25.4 Å². The Morgan fingerprint density at radius 1 is 1.04 bits per heavy atom. The molecule has 0 spiro atoms. The number of likely N-dealkylation sites (tertiary alicyclic amines) is 1. The van der Waals surface area contributed by atoms with E-state index in [0.717, 1.165) is 11.1 Å². The number of hydrogen-bond donors (Lipinski definition) is 3. The highest BCUT2D eigenvalue weighted by Gasteiger charge is 2.50. The highest BCUT2D eigenvalue weighted by atomic mass is 16.4. The largest absolute Gasteiger partial charge is 0.481 e. The number of aliphatic carboxylic acids is 1. The van der Waals surface area contributed by atoms with Gasteiger partial charge in [-0.2, -0.15) is 0 Å². The molecule has 2 aromatic carbocycles. The van der Waals surface area contributed by atoms with Gasteiger partial charge in [0, 0.05) is 19.6 Å². The van der Waals surface area contributed by atoms with Crippen LogP contribution in [0.15, 0.2) is 60.7 Å². The van der Waals surface area contributed by atoms with Gasteiger partial charge in [-0.3, -0.25) is 4.79 Å². The molecule has 2 atom stereocenters. The van der Waals surface area contributed by atoms with Crippen LogP contribution >= 0.6 is 0 Å². The Hall–Kier alpha value is -2.86. The number of amides is 2. The van der Waals surface area contributed by atoms with Crippen molar-refractivity contribution in [3.05, 3.63) is 71.8 Å². The second-order valence-corrected chi connectivity index (χ2v) is 7.32. The first-order valence-electron chi connectivity index (χ1n) is 9.53. The molecule has 6 heteroatoms. The third-order valence-electron chi connectivity index (χ3n) is 5.39. The van der Waals surface area contributed by atoms with E-state index >= 15 is 0 Å². The Bertz CT molecular complexity index is 797. The number of carbonyl (C=O) groups is 2. The molecule has 1 aliphatic rings. The Morgan fingerprint density at radius 3 is 2.25 bits per heavy atom. The number of nitrogens with zero attached hydrogens (tertiary/aromatic N) is 1. The van der Waals surface area contributed by atoms with E-state index in [1.807, 2.05) is 60.7 Å². The van der Waals surface area contributed by atoms with E-state index in [1.54, 1.807) is 0 Å². The number of nitrogens with one attached hydrogen (secondary N) is 1. The zero-order valence-electron chi connectivity index (χ0n) is 15.8. The molecule has 6 nitrogen and oxygen atoms in total. The second-order valence-electron chi connectivity index (χ2n) is 7.32. The van der Waals surface area contributed by atoms with Crippen molar-refractivity contribution >= 4 is 12.0 Å². The van der Waals surface area contributed by atoms with Gasteiger partial charge in [-0.15, -0.1) is 0 Å². The van der Waals surface area contributed by atoms with Crippen LogP contribution < -0.4 is 5.32 Å². The minimum Gasteiger partial charge on any atom is -0.481 e. The molecule has 2 aromatic rings. The smallest absolute Gasteiger partial charge is 0.317 e. The van der Waals surface area contributed by atoms with Crippen molar-refractivity contribution in [3.63, 3.8) is 0 Å². The van der Waals surface area contributed by atoms with Crippen molar-refractivity contribution < 1.29 is 19.8 Å². The van der Waals surface area contributed by atoms with Crippen LogP contribution in [0.25, 0.3) is 0 Å². The van der Waals surface area contributed by atoms with Gasteiger partial charge in [0.1, 0.15) is 5.41 Å². The third-order valence-corrected chi connectivity index (χ3v) is 5.39. The summed E-state index contributed by atoms with van der Waals surface area (Å²) < 4.78 is 0. The summed E-state index contributed by atoms with van der Waals surface area (Å²) in [5.74, 6) is -1.08. The van der Waals surface area contributed by atoms with Crippen LogP contribution in [0, 0.1) is 5.41 Å². The van der Waals surface area contributed by atoms with Gasteiger partial charge < -0.3 is 20.4 Å². The number of carbonyl (C=O) groups excluding carboxylic acids is 1. The molecular weight excluding hydrogens is 356 g/mol. The van der Waals surface area contributed by atoms with Crippen molar-refractivity contribution in [1.29, 1.82) is 0 Å². The van der Waals surface area contributed by atoms with Gasteiger partial charge in [-0.25, -0.2) is 4.79 Å². The predicted molar refractivity (Wildman–Crippen MR) is 106 cm³/mol. The maximum absolute atomic E-state index is 12.6. The number of aliphatic hydroxyl groups excluding tert-OH is 1. The van der Waals surface area contributed by atoms with Crippen molar-refractivity contribution in [2.24, 2.45) is 5.41 Å². The lowest BCUT2D eigenvalue weighted by Crippen LogP contribution is -2.59. The van der Waals surface area contributed by atoms with E-state index in [-0.39, 0.29) is 25.4 Å². The van der Waals surface area contributed by atoms with Crippen molar-refractivity contribution in [2.75, 3.05) is 19.6 Å². The standard InChI is InChI=1S/C22H26N2O4/c25-19-12-14-24(21(28)23-13-11-17-7-3-1-4-8-17)16-22(19,20(26)27)15-18-9-5-2-6-10-18/h1-10,19,25H,11-16H2,(H,23,28)(H,26,27)/t19-,22+/m0/s1. The fraction of sp³-hybridized carbons (Fsp3) is 0.364. The van der Waals surface area contributed by atoms with Gasteiger partial charge in [-0.05, 0) is 30.4 Å². The molecule has 0 aliphatic carbocycles. The molecule has 1 fully saturated rings. The summed E-state index contributed by atoms with van der Waals surface area (Å²) in [5, 5.41) is 23.3. The zero-order valence-corrected chi connectivity index (χ0v) is 15.8. The van der Waals surface area contributed by atoms with E-state index in [1.165, 1.54) is 4.90 Å². The van der Waals surface area contributed by atoms with Crippen LogP contribution in [0.5, 0.6) is 0 Å². The van der Waals surface area contributed by atoms with Crippen molar-refractivity contribution in [3.8, 4) is 0 Å². The maximum atomic E-state index is 12.6. The van der Waals surface area contributed by atoms with E-state index < -0.39 is 17.5 Å². The molecule has 148 valence electrons. The molecule has 3 rings (SSSR count). The third kappa shape index (κ3) is 4.51. The van der Waals surface area contributed by atoms with E-state index in [0.29, 0.717) is 19.5 Å². The van der Waals surface area contributed by atoms with Gasteiger partial charge in [0.15, 0.2) is 0 Å². The lowest BCUT2D eigenvalue weighted by molar-refractivity contribution is -0.161. The zero-order chi connectivity index (χ0) is 20.0. The summed E-state index contributed by atoms with van der Waals surface area (Å²) >= 11 is 0. The molecular formula is C22H26N2O4. The molecule has 0 bridgehead atoms. The van der Waals surface area contributed by atoms with Crippen LogP contribution in [-0.4, -0.2) is 52.9 Å². The van der Waals surface area contributed by atoms with Crippen LogP contribution in [0.4, 0.5) is 4.79 Å². The second kappa shape index (κ2) is 8.89. The lowest BCUT2D eigenvalue weighted by Gasteiger charge is -2.43. The SMILES string of the molecule is O=C(NCCc1ccccc1)N1CC[C@H](O)[C@](Cc2ccccc2)(C(=O)O)C1. The molecule has 3 N–H and O–H groups in total. The number of hydrogen-bond acceptors (Lipinski definition) is 3. The number of aliphatic hydroxyl groups is 1.